The van der Waals surface area contributed by atoms with Crippen LogP contribution in [0, 0.1) is 0 Å². The summed E-state index contributed by atoms with van der Waals surface area (Å²) in [6.45, 7) is 4.16. The van der Waals surface area contributed by atoms with Crippen LogP contribution in [0.2, 0.25) is 5.02 Å². The van der Waals surface area contributed by atoms with Crippen molar-refractivity contribution in [1.82, 2.24) is 14.8 Å². The van der Waals surface area contributed by atoms with Crippen LogP contribution in [0.1, 0.15) is 16.5 Å². The standard InChI is InChI=1S/C17H21ClN4O2S.ClH/c1-24-16(23)15(12-2-4-13(18)5-3-12)22-8-6-21(7-9-22)11-14-10-20-17(19)25-14;/h2-5,10,15H,6-9,11H2,1H3,(H2,19,20);1H. The SMILES string of the molecule is COC(=O)C(c1ccc(Cl)cc1)N1CCN(Cc2cnc(N)s2)CC1.Cl. The van der Waals surface area contributed by atoms with Crippen LogP contribution < -0.4 is 5.73 Å². The molecule has 2 heterocycles. The first-order chi connectivity index (χ1) is 12.1. The Morgan fingerprint density at radius 3 is 2.50 bits per heavy atom. The Balaban J connectivity index is 0.00000243. The summed E-state index contributed by atoms with van der Waals surface area (Å²) in [6, 6.07) is 6.98. The molecule has 1 aliphatic rings. The molecule has 9 heteroatoms. The zero-order chi connectivity index (χ0) is 17.8. The molecule has 0 radical (unpaired) electrons. The first-order valence-electron chi connectivity index (χ1n) is 8.06. The van der Waals surface area contributed by atoms with Crippen LogP contribution in [-0.4, -0.2) is 54.0 Å². The molecular weight excluding hydrogens is 395 g/mol. The predicted molar refractivity (Wildman–Crippen MR) is 107 cm³/mol. The Bertz CT molecular complexity index is 718. The second-order valence-corrected chi connectivity index (χ2v) is 7.54. The first kappa shape index (κ1) is 20.9. The summed E-state index contributed by atoms with van der Waals surface area (Å²) in [6.07, 6.45) is 1.83. The second-order valence-electron chi connectivity index (χ2n) is 5.95. The number of thiazole rings is 1. The Morgan fingerprint density at radius 1 is 1.31 bits per heavy atom. The maximum Gasteiger partial charge on any atom is 0.327 e. The second kappa shape index (κ2) is 9.53. The number of halogens is 2. The van der Waals surface area contributed by atoms with Crippen molar-refractivity contribution >= 4 is 46.4 Å². The average Bonchev–Trinajstić information content (AvgIpc) is 3.03. The van der Waals surface area contributed by atoms with Crippen molar-refractivity contribution in [2.75, 3.05) is 39.0 Å². The monoisotopic (exact) mass is 416 g/mol. The Labute approximate surface area is 168 Å². The number of aromatic nitrogens is 1. The van der Waals surface area contributed by atoms with Gasteiger partial charge < -0.3 is 10.5 Å². The van der Waals surface area contributed by atoms with Gasteiger partial charge in [-0.2, -0.15) is 0 Å². The van der Waals surface area contributed by atoms with Gasteiger partial charge in [-0.05, 0) is 17.7 Å². The fourth-order valence-corrected chi connectivity index (χ4v) is 3.90. The zero-order valence-corrected chi connectivity index (χ0v) is 16.8. The lowest BCUT2D eigenvalue weighted by atomic mass is 10.0. The maximum atomic E-state index is 12.3. The van der Waals surface area contributed by atoms with Crippen molar-refractivity contribution in [2.45, 2.75) is 12.6 Å². The number of piperazine rings is 1. The van der Waals surface area contributed by atoms with Crippen LogP contribution in [0.25, 0.3) is 0 Å². The number of esters is 1. The lowest BCUT2D eigenvalue weighted by Crippen LogP contribution is -2.49. The van der Waals surface area contributed by atoms with E-state index in [-0.39, 0.29) is 18.4 Å². The highest BCUT2D eigenvalue weighted by atomic mass is 35.5. The summed E-state index contributed by atoms with van der Waals surface area (Å²) in [5.74, 6) is -0.244. The number of carbonyl (C=O) groups is 1. The quantitative estimate of drug-likeness (QED) is 0.755. The van der Waals surface area contributed by atoms with Crippen molar-refractivity contribution in [2.24, 2.45) is 0 Å². The molecular formula is C17H22Cl2N4O2S. The molecule has 0 spiro atoms. The molecule has 0 amide bonds. The van der Waals surface area contributed by atoms with E-state index in [1.807, 2.05) is 18.3 Å². The van der Waals surface area contributed by atoms with Gasteiger partial charge in [0.1, 0.15) is 6.04 Å². The van der Waals surface area contributed by atoms with Crippen molar-refractivity contribution in [1.29, 1.82) is 0 Å². The molecule has 1 atom stereocenters. The average molecular weight is 417 g/mol. The number of hydrogen-bond acceptors (Lipinski definition) is 7. The highest BCUT2D eigenvalue weighted by Gasteiger charge is 2.31. The lowest BCUT2D eigenvalue weighted by Gasteiger charge is -2.38. The van der Waals surface area contributed by atoms with E-state index in [1.54, 1.807) is 12.1 Å². The van der Waals surface area contributed by atoms with E-state index in [0.717, 1.165) is 43.2 Å². The van der Waals surface area contributed by atoms with E-state index in [0.29, 0.717) is 10.2 Å². The van der Waals surface area contributed by atoms with Gasteiger partial charge in [0.25, 0.3) is 0 Å². The molecule has 6 nitrogen and oxygen atoms in total. The minimum absolute atomic E-state index is 0. The zero-order valence-electron chi connectivity index (χ0n) is 14.4. The van der Waals surface area contributed by atoms with Gasteiger partial charge in [0.2, 0.25) is 0 Å². The fourth-order valence-electron chi connectivity index (χ4n) is 3.05. The summed E-state index contributed by atoms with van der Waals surface area (Å²) in [4.78, 5) is 22.1. The third-order valence-electron chi connectivity index (χ3n) is 4.33. The third kappa shape index (κ3) is 5.08. The van der Waals surface area contributed by atoms with Crippen molar-refractivity contribution in [3.63, 3.8) is 0 Å². The summed E-state index contributed by atoms with van der Waals surface area (Å²) < 4.78 is 5.03. The molecule has 142 valence electrons. The molecule has 26 heavy (non-hydrogen) atoms. The minimum Gasteiger partial charge on any atom is -0.468 e. The van der Waals surface area contributed by atoms with Crippen LogP contribution in [0.3, 0.4) is 0 Å². The number of hydrogen-bond donors (Lipinski definition) is 1. The fraction of sp³-hybridized carbons (Fsp3) is 0.412. The summed E-state index contributed by atoms with van der Waals surface area (Å²) in [7, 11) is 1.43. The topological polar surface area (TPSA) is 71.7 Å². The maximum absolute atomic E-state index is 12.3. The van der Waals surface area contributed by atoms with Crippen LogP contribution in [0.15, 0.2) is 30.5 Å². The molecule has 2 N–H and O–H groups in total. The van der Waals surface area contributed by atoms with E-state index < -0.39 is 6.04 Å². The molecule has 3 rings (SSSR count). The van der Waals surface area contributed by atoms with Gasteiger partial charge >= 0.3 is 5.97 Å². The van der Waals surface area contributed by atoms with E-state index in [2.05, 4.69) is 14.8 Å². The molecule has 1 fully saturated rings. The molecule has 1 aliphatic heterocycles. The summed E-state index contributed by atoms with van der Waals surface area (Å²) >= 11 is 7.48. The normalized spacial score (nSPS) is 16.7. The molecule has 1 unspecified atom stereocenters. The highest BCUT2D eigenvalue weighted by molar-refractivity contribution is 7.15. The predicted octanol–water partition coefficient (Wildman–Crippen LogP) is 2.83. The third-order valence-corrected chi connectivity index (χ3v) is 5.40. The van der Waals surface area contributed by atoms with Crippen molar-refractivity contribution in [3.8, 4) is 0 Å². The first-order valence-corrected chi connectivity index (χ1v) is 9.26. The largest absolute Gasteiger partial charge is 0.468 e. The molecule has 1 aromatic heterocycles. The summed E-state index contributed by atoms with van der Waals surface area (Å²) in [5, 5.41) is 1.25. The smallest absolute Gasteiger partial charge is 0.327 e. The Hall–Kier alpha value is -1.38. The van der Waals surface area contributed by atoms with Gasteiger partial charge in [-0.25, -0.2) is 9.78 Å². The molecule has 0 aliphatic carbocycles. The molecule has 2 aromatic rings. The molecule has 1 aromatic carbocycles. The Kier molecular flexibility index (Phi) is 7.67. The van der Waals surface area contributed by atoms with Gasteiger partial charge in [-0.1, -0.05) is 23.7 Å². The number of nitrogens with two attached hydrogens (primary N) is 1. The minimum atomic E-state index is -0.400. The molecule has 0 saturated carbocycles. The lowest BCUT2D eigenvalue weighted by molar-refractivity contribution is -0.148. The number of ether oxygens (including phenoxy) is 1. The number of rotatable bonds is 5. The van der Waals surface area contributed by atoms with Crippen LogP contribution in [0.5, 0.6) is 0 Å². The van der Waals surface area contributed by atoms with Crippen LogP contribution >= 0.6 is 35.3 Å². The van der Waals surface area contributed by atoms with Crippen LogP contribution in [0.4, 0.5) is 5.13 Å². The highest BCUT2D eigenvalue weighted by Crippen LogP contribution is 2.26. The molecule has 0 bridgehead atoms. The Morgan fingerprint density at radius 2 is 1.96 bits per heavy atom. The van der Waals surface area contributed by atoms with Gasteiger partial charge in [0.05, 0.1) is 7.11 Å². The van der Waals surface area contributed by atoms with Crippen LogP contribution in [-0.2, 0) is 16.1 Å². The molecule has 1 saturated heterocycles. The van der Waals surface area contributed by atoms with E-state index >= 15 is 0 Å². The van der Waals surface area contributed by atoms with Crippen molar-refractivity contribution < 1.29 is 9.53 Å². The van der Waals surface area contributed by atoms with Gasteiger partial charge in [0.15, 0.2) is 5.13 Å². The van der Waals surface area contributed by atoms with Gasteiger partial charge in [-0.3, -0.25) is 9.80 Å². The van der Waals surface area contributed by atoms with E-state index in [9.17, 15) is 4.79 Å². The summed E-state index contributed by atoms with van der Waals surface area (Å²) in [5.41, 5.74) is 6.59. The number of benzene rings is 1. The van der Waals surface area contributed by atoms with Gasteiger partial charge in [-0.15, -0.1) is 23.7 Å². The number of anilines is 1. The number of nitrogen functional groups attached to an aromatic ring is 1. The van der Waals surface area contributed by atoms with E-state index in [1.165, 1.54) is 18.4 Å². The van der Waals surface area contributed by atoms with E-state index in [4.69, 9.17) is 22.1 Å². The number of nitrogens with zero attached hydrogens (tertiary/aromatic N) is 3. The van der Waals surface area contributed by atoms with Crippen molar-refractivity contribution in [3.05, 3.63) is 45.9 Å². The van der Waals surface area contributed by atoms with Gasteiger partial charge in [0, 0.05) is 48.8 Å². The number of methoxy groups -OCH3 is 1. The number of carbonyl (C=O) groups excluding carboxylic acids is 1.